The van der Waals surface area contributed by atoms with Crippen molar-refractivity contribution in [3.63, 3.8) is 0 Å². The van der Waals surface area contributed by atoms with Gasteiger partial charge in [0, 0.05) is 25.7 Å². The van der Waals surface area contributed by atoms with E-state index in [0.29, 0.717) is 31.5 Å². The molecule has 1 aliphatic rings. The molecular weight excluding hydrogens is 426 g/mol. The van der Waals surface area contributed by atoms with Gasteiger partial charge < -0.3 is 15.5 Å². The maximum absolute atomic E-state index is 14.1. The van der Waals surface area contributed by atoms with Gasteiger partial charge in [0.05, 0.1) is 23.8 Å². The number of halogens is 4. The smallest absolute Gasteiger partial charge is 0.330 e. The third-order valence-corrected chi connectivity index (χ3v) is 5.28. The summed E-state index contributed by atoms with van der Waals surface area (Å²) in [5, 5.41) is 5.68. The van der Waals surface area contributed by atoms with Crippen LogP contribution in [0, 0.1) is 11.7 Å². The van der Waals surface area contributed by atoms with E-state index in [2.05, 4.69) is 34.4 Å². The Morgan fingerprint density at radius 1 is 1.28 bits per heavy atom. The third kappa shape index (κ3) is 5.73. The molecule has 10 heteroatoms. The molecular formula is C22H27F4N5O. The summed E-state index contributed by atoms with van der Waals surface area (Å²) in [5.41, 5.74) is 0.707. The molecule has 0 radical (unpaired) electrons. The average Bonchev–Trinajstić information content (AvgIpc) is 2.71. The molecule has 2 amide bonds. The van der Waals surface area contributed by atoms with Gasteiger partial charge in [-0.25, -0.2) is 19.2 Å². The van der Waals surface area contributed by atoms with Gasteiger partial charge in [-0.15, -0.1) is 0 Å². The highest BCUT2D eigenvalue weighted by molar-refractivity contribution is 5.75. The molecule has 2 N–H and O–H groups in total. The summed E-state index contributed by atoms with van der Waals surface area (Å²) >= 11 is 0. The number of carbonyl (C=O) groups excluding carboxylic acids is 1. The molecule has 0 fully saturated rings. The van der Waals surface area contributed by atoms with Gasteiger partial charge in [-0.1, -0.05) is 19.9 Å². The number of rotatable bonds is 6. The van der Waals surface area contributed by atoms with Crippen LogP contribution in [-0.4, -0.2) is 41.0 Å². The van der Waals surface area contributed by atoms with Crippen LogP contribution in [0.15, 0.2) is 24.4 Å². The fraction of sp³-hybridized carbons (Fsp3) is 0.500. The minimum atomic E-state index is -4.78. The largest absolute Gasteiger partial charge is 0.419 e. The second-order valence-corrected chi connectivity index (χ2v) is 8.32. The molecule has 6 nitrogen and oxygen atoms in total. The van der Waals surface area contributed by atoms with Crippen LogP contribution >= 0.6 is 0 Å². The Hall–Kier alpha value is -2.75. The van der Waals surface area contributed by atoms with E-state index in [1.165, 1.54) is 6.07 Å². The molecule has 0 saturated heterocycles. The number of hydrogen-bond donors (Lipinski definition) is 2. The van der Waals surface area contributed by atoms with Crippen molar-refractivity contribution >= 4 is 6.03 Å². The van der Waals surface area contributed by atoms with E-state index in [9.17, 15) is 22.4 Å². The highest BCUT2D eigenvalue weighted by Gasteiger charge is 2.34. The molecule has 0 spiro atoms. The molecule has 0 bridgehead atoms. The number of benzene rings is 1. The fourth-order valence-corrected chi connectivity index (χ4v) is 3.66. The molecule has 1 atom stereocenters. The van der Waals surface area contributed by atoms with E-state index in [0.717, 1.165) is 29.6 Å². The quantitative estimate of drug-likeness (QED) is 0.652. The summed E-state index contributed by atoms with van der Waals surface area (Å²) in [7, 11) is 1.64. The Balaban J connectivity index is 1.74. The van der Waals surface area contributed by atoms with Crippen LogP contribution in [0.1, 0.15) is 48.1 Å². The summed E-state index contributed by atoms with van der Waals surface area (Å²) < 4.78 is 52.6. The Labute approximate surface area is 184 Å². The molecule has 32 heavy (non-hydrogen) atoms. The van der Waals surface area contributed by atoms with Crippen molar-refractivity contribution in [2.45, 2.75) is 45.5 Å². The number of nitrogens with zero attached hydrogens (tertiary/aromatic N) is 3. The second-order valence-electron chi connectivity index (χ2n) is 8.32. The van der Waals surface area contributed by atoms with E-state index in [4.69, 9.17) is 0 Å². The average molecular weight is 453 g/mol. The molecule has 2 heterocycles. The lowest BCUT2D eigenvalue weighted by atomic mass is 10.0. The lowest BCUT2D eigenvalue weighted by molar-refractivity contribution is -0.140. The zero-order chi connectivity index (χ0) is 23.5. The number of alkyl halides is 3. The van der Waals surface area contributed by atoms with Crippen LogP contribution in [0.25, 0.3) is 0 Å². The van der Waals surface area contributed by atoms with Gasteiger partial charge in [-0.05, 0) is 42.6 Å². The van der Waals surface area contributed by atoms with Gasteiger partial charge >= 0.3 is 12.2 Å². The van der Waals surface area contributed by atoms with E-state index in [1.807, 2.05) is 6.20 Å². The monoisotopic (exact) mass is 453 g/mol. The van der Waals surface area contributed by atoms with Gasteiger partial charge in [0.2, 0.25) is 0 Å². The van der Waals surface area contributed by atoms with Gasteiger partial charge in [0.25, 0.3) is 0 Å². The first kappa shape index (κ1) is 23.9. The van der Waals surface area contributed by atoms with Crippen molar-refractivity contribution in [3.05, 3.63) is 58.4 Å². The van der Waals surface area contributed by atoms with E-state index in [1.54, 1.807) is 11.9 Å². The Morgan fingerprint density at radius 2 is 2.03 bits per heavy atom. The van der Waals surface area contributed by atoms with Gasteiger partial charge in [0.1, 0.15) is 11.6 Å². The normalized spacial score (nSPS) is 14.9. The molecule has 1 aromatic heterocycles. The van der Waals surface area contributed by atoms with E-state index >= 15 is 0 Å². The van der Waals surface area contributed by atoms with Crippen molar-refractivity contribution in [2.24, 2.45) is 5.92 Å². The maximum Gasteiger partial charge on any atom is 0.419 e. The lowest BCUT2D eigenvalue weighted by Crippen LogP contribution is -2.46. The van der Waals surface area contributed by atoms with Crippen LogP contribution in [0.2, 0.25) is 0 Å². The van der Waals surface area contributed by atoms with E-state index in [-0.39, 0.29) is 18.1 Å². The van der Waals surface area contributed by atoms with Crippen molar-refractivity contribution in [2.75, 3.05) is 20.1 Å². The number of fused-ring (bicyclic) bond motifs is 1. The SMILES string of the molecule is CNC[C@@H](NC(=O)N1CCc2cnc(CC(C)C)nc2C1)c1ccc(C(F)(F)F)c(F)c1. The second kappa shape index (κ2) is 9.81. The minimum absolute atomic E-state index is 0.224. The minimum Gasteiger partial charge on any atom is -0.330 e. The van der Waals surface area contributed by atoms with Crippen LogP contribution < -0.4 is 10.6 Å². The van der Waals surface area contributed by atoms with Crippen LogP contribution in [0.5, 0.6) is 0 Å². The first-order valence-corrected chi connectivity index (χ1v) is 10.5. The summed E-state index contributed by atoms with van der Waals surface area (Å²) in [5.74, 6) is -0.233. The molecule has 0 aliphatic carbocycles. The summed E-state index contributed by atoms with van der Waals surface area (Å²) in [4.78, 5) is 23.5. The van der Waals surface area contributed by atoms with Crippen molar-refractivity contribution < 1.29 is 22.4 Å². The first-order valence-electron chi connectivity index (χ1n) is 10.5. The van der Waals surface area contributed by atoms with Crippen molar-refractivity contribution in [1.82, 2.24) is 25.5 Å². The van der Waals surface area contributed by atoms with Crippen LogP contribution in [0.3, 0.4) is 0 Å². The highest BCUT2D eigenvalue weighted by atomic mass is 19.4. The number of likely N-dealkylation sites (N-methyl/N-ethyl adjacent to an activating group) is 1. The predicted molar refractivity (Wildman–Crippen MR) is 111 cm³/mol. The summed E-state index contributed by atoms with van der Waals surface area (Å²) in [6.45, 7) is 5.15. The molecule has 174 valence electrons. The van der Waals surface area contributed by atoms with Crippen molar-refractivity contribution in [1.29, 1.82) is 0 Å². The van der Waals surface area contributed by atoms with Gasteiger partial charge in [-0.3, -0.25) is 0 Å². The van der Waals surface area contributed by atoms with Crippen molar-refractivity contribution in [3.8, 4) is 0 Å². The molecule has 2 aromatic rings. The summed E-state index contributed by atoms with van der Waals surface area (Å²) in [6, 6.07) is 1.62. The topological polar surface area (TPSA) is 70.2 Å². The Morgan fingerprint density at radius 3 is 2.66 bits per heavy atom. The molecule has 0 unspecified atom stereocenters. The zero-order valence-corrected chi connectivity index (χ0v) is 18.3. The predicted octanol–water partition coefficient (Wildman–Crippen LogP) is 3.86. The summed E-state index contributed by atoms with van der Waals surface area (Å²) in [6.07, 6.45) is -1.62. The Kier molecular flexibility index (Phi) is 7.33. The molecule has 1 aliphatic heterocycles. The van der Waals surface area contributed by atoms with E-state index < -0.39 is 23.6 Å². The molecule has 1 aromatic carbocycles. The highest BCUT2D eigenvalue weighted by Crippen LogP contribution is 2.32. The number of urea groups is 1. The maximum atomic E-state index is 14.1. The Bertz CT molecular complexity index is 964. The molecule has 0 saturated carbocycles. The zero-order valence-electron chi connectivity index (χ0n) is 18.3. The number of aromatic nitrogens is 2. The van der Waals surface area contributed by atoms with Crippen LogP contribution in [-0.2, 0) is 25.6 Å². The van der Waals surface area contributed by atoms with Gasteiger partial charge in [-0.2, -0.15) is 13.2 Å². The third-order valence-electron chi connectivity index (χ3n) is 5.28. The fourth-order valence-electron chi connectivity index (χ4n) is 3.66. The first-order chi connectivity index (χ1) is 15.1. The lowest BCUT2D eigenvalue weighted by Gasteiger charge is -2.30. The van der Waals surface area contributed by atoms with Crippen LogP contribution in [0.4, 0.5) is 22.4 Å². The number of amides is 2. The van der Waals surface area contributed by atoms with Gasteiger partial charge in [0.15, 0.2) is 0 Å². The number of carbonyl (C=O) groups is 1. The standard InChI is InChI=1S/C22H27F4N5O/c1-13(2)8-20-28-10-15-6-7-31(12-19(15)29-20)21(32)30-18(11-27-3)14-4-5-16(17(23)9-14)22(24,25)26/h4-5,9-10,13,18,27H,6-8,11-12H2,1-3H3,(H,30,32)/t18-/m1/s1. The molecule has 3 rings (SSSR count). The number of hydrogen-bond acceptors (Lipinski definition) is 4. The number of nitrogens with one attached hydrogen (secondary N) is 2.